The van der Waals surface area contributed by atoms with Crippen LogP contribution in [0.25, 0.3) is 0 Å². The van der Waals surface area contributed by atoms with Crippen LogP contribution in [0.2, 0.25) is 0 Å². The highest BCUT2D eigenvalue weighted by molar-refractivity contribution is 5.34. The van der Waals surface area contributed by atoms with E-state index in [0.717, 1.165) is 12.5 Å². The van der Waals surface area contributed by atoms with Gasteiger partial charge in [-0.05, 0) is 61.1 Å². The van der Waals surface area contributed by atoms with Crippen molar-refractivity contribution in [1.82, 2.24) is 4.98 Å². The summed E-state index contributed by atoms with van der Waals surface area (Å²) in [6, 6.07) is 0. The minimum absolute atomic E-state index is 0.661. The van der Waals surface area contributed by atoms with Crippen LogP contribution in [0.4, 0.5) is 0 Å². The van der Waals surface area contributed by atoms with E-state index in [2.05, 4.69) is 17.4 Å². The third-order valence-corrected chi connectivity index (χ3v) is 4.22. The lowest BCUT2D eigenvalue weighted by Crippen LogP contribution is -2.23. The largest absolute Gasteiger partial charge is 0.367 e. The van der Waals surface area contributed by atoms with Gasteiger partial charge in [0, 0.05) is 12.4 Å². The van der Waals surface area contributed by atoms with Crippen LogP contribution < -0.4 is 5.73 Å². The number of aromatic nitrogens is 1. The molecule has 2 heteroatoms. The van der Waals surface area contributed by atoms with E-state index >= 15 is 0 Å². The molecule has 1 spiro atoms. The Balaban J connectivity index is 1.97. The first-order valence-electron chi connectivity index (χ1n) is 5.71. The fourth-order valence-corrected chi connectivity index (χ4v) is 3.22. The summed E-state index contributed by atoms with van der Waals surface area (Å²) in [5.41, 5.74) is 9.50. The third kappa shape index (κ3) is 1.07. The first-order chi connectivity index (χ1) is 6.86. The molecule has 0 saturated heterocycles. The van der Waals surface area contributed by atoms with E-state index in [4.69, 9.17) is 5.73 Å². The maximum atomic E-state index is 5.72. The molecule has 1 fully saturated rings. The number of fused-ring (bicyclic) bond motifs is 1. The van der Waals surface area contributed by atoms with Gasteiger partial charge in [0.15, 0.2) is 0 Å². The summed E-state index contributed by atoms with van der Waals surface area (Å²) < 4.78 is 0. The first-order valence-corrected chi connectivity index (χ1v) is 5.71. The quantitative estimate of drug-likeness (QED) is 0.737. The third-order valence-electron chi connectivity index (χ3n) is 4.22. The minimum Gasteiger partial charge on any atom is -0.367 e. The number of nitrogens with one attached hydrogen (secondary N) is 1. The summed E-state index contributed by atoms with van der Waals surface area (Å²) in [6.45, 7) is 0.830. The van der Waals surface area contributed by atoms with E-state index in [-0.39, 0.29) is 0 Å². The molecule has 2 nitrogen and oxygen atoms in total. The van der Waals surface area contributed by atoms with Crippen LogP contribution in [0, 0.1) is 5.41 Å². The van der Waals surface area contributed by atoms with Crippen LogP contribution in [0.3, 0.4) is 0 Å². The fraction of sp³-hybridized carbons (Fsp3) is 0.667. The Bertz CT molecular complexity index is 336. The fourth-order valence-electron chi connectivity index (χ4n) is 3.22. The predicted octanol–water partition coefficient (Wildman–Crippen LogP) is 2.17. The van der Waals surface area contributed by atoms with E-state index in [1.165, 1.54) is 32.1 Å². The maximum Gasteiger partial charge on any atom is 0.00432 e. The minimum atomic E-state index is 0.661. The zero-order chi connectivity index (χ0) is 9.60. The summed E-state index contributed by atoms with van der Waals surface area (Å²) in [7, 11) is 0. The highest BCUT2D eigenvalue weighted by atomic mass is 14.7. The molecule has 1 heterocycles. The molecule has 76 valence electrons. The van der Waals surface area contributed by atoms with E-state index in [1.807, 2.05) is 0 Å². The van der Waals surface area contributed by atoms with Crippen molar-refractivity contribution in [3.05, 3.63) is 23.5 Å². The second kappa shape index (κ2) is 2.86. The molecule has 1 unspecified atom stereocenters. The van der Waals surface area contributed by atoms with Crippen molar-refractivity contribution in [2.45, 2.75) is 38.0 Å². The number of aryl methyl sites for hydroxylation is 1. The van der Waals surface area contributed by atoms with Gasteiger partial charge in [0.1, 0.15) is 0 Å². The summed E-state index contributed by atoms with van der Waals surface area (Å²) >= 11 is 0. The van der Waals surface area contributed by atoms with Gasteiger partial charge in [0.05, 0.1) is 0 Å². The van der Waals surface area contributed by atoms with Gasteiger partial charge in [-0.25, -0.2) is 0 Å². The SMILES string of the molecule is NCCC1c2c[nH]cc2CCC12CC2. The molecule has 0 amide bonds. The van der Waals surface area contributed by atoms with Crippen molar-refractivity contribution in [1.29, 1.82) is 0 Å². The van der Waals surface area contributed by atoms with Crippen molar-refractivity contribution < 1.29 is 0 Å². The zero-order valence-electron chi connectivity index (χ0n) is 8.55. The molecule has 3 rings (SSSR count). The van der Waals surface area contributed by atoms with Gasteiger partial charge in [-0.1, -0.05) is 0 Å². The van der Waals surface area contributed by atoms with Gasteiger partial charge in [-0.15, -0.1) is 0 Å². The molecular formula is C12H18N2. The smallest absolute Gasteiger partial charge is 0.00432 e. The van der Waals surface area contributed by atoms with Crippen LogP contribution in [0.5, 0.6) is 0 Å². The van der Waals surface area contributed by atoms with Gasteiger partial charge < -0.3 is 10.7 Å². The van der Waals surface area contributed by atoms with Gasteiger partial charge in [-0.2, -0.15) is 0 Å². The average molecular weight is 190 g/mol. The molecule has 0 radical (unpaired) electrons. The molecule has 0 bridgehead atoms. The number of nitrogens with two attached hydrogens (primary N) is 1. The molecule has 0 aliphatic heterocycles. The Morgan fingerprint density at radius 3 is 2.93 bits per heavy atom. The highest BCUT2D eigenvalue weighted by Crippen LogP contribution is 2.62. The van der Waals surface area contributed by atoms with Crippen LogP contribution in [0.15, 0.2) is 12.4 Å². The van der Waals surface area contributed by atoms with Crippen LogP contribution >= 0.6 is 0 Å². The maximum absolute atomic E-state index is 5.72. The number of hydrogen-bond donors (Lipinski definition) is 2. The van der Waals surface area contributed by atoms with Crippen LogP contribution in [-0.2, 0) is 6.42 Å². The Labute approximate surface area is 84.9 Å². The van der Waals surface area contributed by atoms with E-state index in [1.54, 1.807) is 11.1 Å². The Kier molecular flexibility index (Phi) is 1.75. The average Bonchev–Trinajstić information content (AvgIpc) is 2.79. The van der Waals surface area contributed by atoms with Gasteiger partial charge >= 0.3 is 0 Å². The summed E-state index contributed by atoms with van der Waals surface area (Å²) in [4.78, 5) is 3.25. The van der Waals surface area contributed by atoms with Gasteiger partial charge in [-0.3, -0.25) is 0 Å². The number of H-pyrrole nitrogens is 1. The molecule has 1 atom stereocenters. The van der Waals surface area contributed by atoms with E-state index < -0.39 is 0 Å². The number of hydrogen-bond acceptors (Lipinski definition) is 1. The molecule has 1 aromatic rings. The number of aromatic amines is 1. The van der Waals surface area contributed by atoms with Gasteiger partial charge in [0.25, 0.3) is 0 Å². The van der Waals surface area contributed by atoms with Crippen molar-refractivity contribution in [3.63, 3.8) is 0 Å². The standard InChI is InChI=1S/C12H18N2/c13-6-2-11-10-8-14-7-9(10)1-3-12(11)4-5-12/h7-8,11,14H,1-6,13H2. The van der Waals surface area contributed by atoms with Crippen molar-refractivity contribution >= 4 is 0 Å². The monoisotopic (exact) mass is 190 g/mol. The summed E-state index contributed by atoms with van der Waals surface area (Å²) in [5.74, 6) is 0.752. The Hall–Kier alpha value is -0.760. The topological polar surface area (TPSA) is 41.8 Å². The van der Waals surface area contributed by atoms with Crippen LogP contribution in [0.1, 0.15) is 42.7 Å². The van der Waals surface area contributed by atoms with Crippen molar-refractivity contribution in [2.75, 3.05) is 6.54 Å². The highest BCUT2D eigenvalue weighted by Gasteiger charge is 2.51. The van der Waals surface area contributed by atoms with Crippen molar-refractivity contribution in [2.24, 2.45) is 11.1 Å². The molecule has 3 N–H and O–H groups in total. The zero-order valence-corrected chi connectivity index (χ0v) is 8.55. The van der Waals surface area contributed by atoms with Gasteiger partial charge in [0.2, 0.25) is 0 Å². The molecule has 2 aliphatic carbocycles. The lowest BCUT2D eigenvalue weighted by atomic mass is 9.72. The normalized spacial score (nSPS) is 27.6. The first kappa shape index (κ1) is 8.54. The second-order valence-electron chi connectivity index (χ2n) is 4.93. The van der Waals surface area contributed by atoms with E-state index in [0.29, 0.717) is 5.41 Å². The molecule has 1 saturated carbocycles. The summed E-state index contributed by atoms with van der Waals surface area (Å²) in [6.07, 6.45) is 11.1. The van der Waals surface area contributed by atoms with E-state index in [9.17, 15) is 0 Å². The number of rotatable bonds is 2. The van der Waals surface area contributed by atoms with Crippen LogP contribution in [-0.4, -0.2) is 11.5 Å². The molecular weight excluding hydrogens is 172 g/mol. The van der Waals surface area contributed by atoms with Crippen molar-refractivity contribution in [3.8, 4) is 0 Å². The predicted molar refractivity (Wildman–Crippen MR) is 57.2 cm³/mol. The summed E-state index contributed by atoms with van der Waals surface area (Å²) in [5, 5.41) is 0. The Morgan fingerprint density at radius 1 is 1.36 bits per heavy atom. The lowest BCUT2D eigenvalue weighted by molar-refractivity contribution is 0.335. The molecule has 14 heavy (non-hydrogen) atoms. The molecule has 1 aromatic heterocycles. The lowest BCUT2D eigenvalue weighted by Gasteiger charge is -2.31. The molecule has 2 aliphatic rings. The Morgan fingerprint density at radius 2 is 2.21 bits per heavy atom. The second-order valence-corrected chi connectivity index (χ2v) is 4.93. The molecule has 0 aromatic carbocycles.